The van der Waals surface area contributed by atoms with Gasteiger partial charge >= 0.3 is 0 Å². The molecule has 0 atom stereocenters. The van der Waals surface area contributed by atoms with Crippen LogP contribution in [0.1, 0.15) is 22.3 Å². The van der Waals surface area contributed by atoms with E-state index in [0.29, 0.717) is 0 Å². The minimum atomic E-state index is -0.354. The van der Waals surface area contributed by atoms with E-state index in [1.807, 2.05) is 0 Å². The van der Waals surface area contributed by atoms with Crippen molar-refractivity contribution in [3.8, 4) is 56.0 Å². The number of fused-ring (bicyclic) bond motifs is 12. The molecule has 0 saturated heterocycles. The first-order chi connectivity index (χ1) is 20.9. The zero-order chi connectivity index (χ0) is 27.4. The summed E-state index contributed by atoms with van der Waals surface area (Å²) < 4.78 is 6.59. The van der Waals surface area contributed by atoms with Gasteiger partial charge in [-0.15, -0.1) is 0 Å². The van der Waals surface area contributed by atoms with E-state index in [1.165, 1.54) is 77.5 Å². The number of benzene rings is 7. The van der Waals surface area contributed by atoms with Crippen LogP contribution in [-0.4, -0.2) is 0 Å². The molecule has 1 aliphatic heterocycles. The van der Waals surface area contributed by atoms with Gasteiger partial charge in [-0.25, -0.2) is 0 Å². The highest BCUT2D eigenvalue weighted by atomic mass is 16.5. The number of ether oxygens (including phenoxy) is 1. The number of rotatable bonds is 1. The topological polar surface area (TPSA) is 9.23 Å². The summed E-state index contributed by atoms with van der Waals surface area (Å²) in [5, 5.41) is 2.38. The van der Waals surface area contributed by atoms with Crippen LogP contribution in [0.5, 0.6) is 11.5 Å². The molecule has 1 spiro atoms. The third-order valence-corrected chi connectivity index (χ3v) is 9.69. The fourth-order valence-electron chi connectivity index (χ4n) is 8.20. The van der Waals surface area contributed by atoms with E-state index in [0.717, 1.165) is 11.5 Å². The van der Waals surface area contributed by atoms with Gasteiger partial charge in [0, 0.05) is 10.9 Å². The van der Waals surface area contributed by atoms with Gasteiger partial charge in [0.1, 0.15) is 11.5 Å². The molecule has 2 aliphatic carbocycles. The van der Waals surface area contributed by atoms with Crippen LogP contribution < -0.4 is 4.74 Å². The van der Waals surface area contributed by atoms with E-state index in [2.05, 4.69) is 146 Å². The second-order valence-electron chi connectivity index (χ2n) is 11.6. The average molecular weight is 533 g/mol. The average Bonchev–Trinajstić information content (AvgIpc) is 3.52. The van der Waals surface area contributed by atoms with Gasteiger partial charge in [-0.3, -0.25) is 0 Å². The molecular weight excluding hydrogens is 508 g/mol. The SMILES string of the molecule is c1ccc2c(c1)-c1ccccc1C21c2ccccc2-c2c(-c3cccc4c3-c3cccc5cccc(c35)O4)cccc21. The van der Waals surface area contributed by atoms with E-state index in [-0.39, 0.29) is 5.41 Å². The van der Waals surface area contributed by atoms with Crippen LogP contribution in [0.2, 0.25) is 0 Å². The molecule has 0 bridgehead atoms. The zero-order valence-corrected chi connectivity index (χ0v) is 22.8. The molecule has 7 aromatic carbocycles. The van der Waals surface area contributed by atoms with Crippen LogP contribution in [0.3, 0.4) is 0 Å². The molecule has 42 heavy (non-hydrogen) atoms. The molecule has 0 unspecified atom stereocenters. The van der Waals surface area contributed by atoms with Crippen molar-refractivity contribution in [2.24, 2.45) is 0 Å². The first-order valence-corrected chi connectivity index (χ1v) is 14.6. The van der Waals surface area contributed by atoms with Crippen molar-refractivity contribution in [3.05, 3.63) is 168 Å². The Morgan fingerprint density at radius 3 is 1.55 bits per heavy atom. The molecule has 0 amide bonds. The molecule has 0 radical (unpaired) electrons. The molecular formula is C41H24O. The summed E-state index contributed by atoms with van der Waals surface area (Å²) in [6.45, 7) is 0. The van der Waals surface area contributed by atoms with Crippen molar-refractivity contribution in [3.63, 3.8) is 0 Å². The van der Waals surface area contributed by atoms with Gasteiger partial charge in [0.2, 0.25) is 0 Å². The summed E-state index contributed by atoms with van der Waals surface area (Å²) >= 11 is 0. The second kappa shape index (κ2) is 7.87. The highest BCUT2D eigenvalue weighted by Gasteiger charge is 2.52. The molecule has 7 aromatic rings. The van der Waals surface area contributed by atoms with Gasteiger partial charge in [-0.1, -0.05) is 133 Å². The summed E-state index contributed by atoms with van der Waals surface area (Å²) in [6.07, 6.45) is 0. The van der Waals surface area contributed by atoms with Crippen molar-refractivity contribution in [2.45, 2.75) is 5.41 Å². The normalized spacial score (nSPS) is 14.1. The standard InChI is InChI=1S/C41H24O/c1-4-19-32-26(13-1)27-14-2-5-20-33(27)41(32)34-21-6-3-15-30(34)39-28(16-9-22-35(39)41)29-17-10-24-37-40(29)31-18-7-11-25-12-8-23-36(42-37)38(25)31/h1-24H. The zero-order valence-electron chi connectivity index (χ0n) is 22.8. The highest BCUT2D eigenvalue weighted by molar-refractivity contribution is 6.09. The monoisotopic (exact) mass is 532 g/mol. The van der Waals surface area contributed by atoms with Gasteiger partial charge in [-0.05, 0) is 78.7 Å². The summed E-state index contributed by atoms with van der Waals surface area (Å²) in [6, 6.07) is 53.4. The third kappa shape index (κ3) is 2.56. The van der Waals surface area contributed by atoms with Crippen molar-refractivity contribution in [1.29, 1.82) is 0 Å². The van der Waals surface area contributed by atoms with Gasteiger partial charge < -0.3 is 4.74 Å². The molecule has 0 N–H and O–H groups in total. The Kier molecular flexibility index (Phi) is 4.18. The minimum Gasteiger partial charge on any atom is -0.456 e. The Bertz CT molecular complexity index is 2240. The lowest BCUT2D eigenvalue weighted by molar-refractivity contribution is 0.487. The fourth-order valence-corrected chi connectivity index (χ4v) is 8.20. The van der Waals surface area contributed by atoms with Crippen molar-refractivity contribution < 1.29 is 4.74 Å². The Hall–Kier alpha value is -5.40. The van der Waals surface area contributed by atoms with Gasteiger partial charge in [-0.2, -0.15) is 0 Å². The van der Waals surface area contributed by atoms with Crippen LogP contribution in [0, 0.1) is 0 Å². The summed E-state index contributed by atoms with van der Waals surface area (Å²) in [7, 11) is 0. The van der Waals surface area contributed by atoms with Gasteiger partial charge in [0.25, 0.3) is 0 Å². The lowest BCUT2D eigenvalue weighted by Crippen LogP contribution is -2.25. The van der Waals surface area contributed by atoms with Crippen LogP contribution in [0.15, 0.2) is 146 Å². The Labute approximate surface area is 244 Å². The lowest BCUT2D eigenvalue weighted by Gasteiger charge is -2.30. The summed E-state index contributed by atoms with van der Waals surface area (Å²) in [5.41, 5.74) is 15.2. The first kappa shape index (κ1) is 22.3. The van der Waals surface area contributed by atoms with Gasteiger partial charge in [0.15, 0.2) is 0 Å². The Morgan fingerprint density at radius 2 is 0.810 bits per heavy atom. The smallest absolute Gasteiger partial charge is 0.135 e. The summed E-state index contributed by atoms with van der Waals surface area (Å²) in [4.78, 5) is 0. The number of hydrogen-bond acceptors (Lipinski definition) is 1. The van der Waals surface area contributed by atoms with E-state index in [1.54, 1.807) is 0 Å². The fraction of sp³-hybridized carbons (Fsp3) is 0.0244. The van der Waals surface area contributed by atoms with Crippen molar-refractivity contribution in [1.82, 2.24) is 0 Å². The maximum Gasteiger partial charge on any atom is 0.135 e. The minimum absolute atomic E-state index is 0.354. The van der Waals surface area contributed by atoms with Crippen molar-refractivity contribution >= 4 is 10.8 Å². The molecule has 194 valence electrons. The van der Waals surface area contributed by atoms with Crippen LogP contribution in [-0.2, 0) is 5.41 Å². The predicted octanol–water partition coefficient (Wildman–Crippen LogP) is 10.6. The van der Waals surface area contributed by atoms with Gasteiger partial charge in [0.05, 0.1) is 5.41 Å². The molecule has 3 aliphatic rings. The van der Waals surface area contributed by atoms with Crippen LogP contribution in [0.4, 0.5) is 0 Å². The van der Waals surface area contributed by atoms with Crippen LogP contribution >= 0.6 is 0 Å². The molecule has 10 rings (SSSR count). The molecule has 0 aromatic heterocycles. The highest BCUT2D eigenvalue weighted by Crippen LogP contribution is 2.64. The van der Waals surface area contributed by atoms with Crippen molar-refractivity contribution in [2.75, 3.05) is 0 Å². The molecule has 0 fully saturated rings. The summed E-state index contributed by atoms with van der Waals surface area (Å²) in [5.74, 6) is 1.84. The third-order valence-electron chi connectivity index (χ3n) is 9.69. The maximum absolute atomic E-state index is 6.59. The Balaban J connectivity index is 1.33. The second-order valence-corrected chi connectivity index (χ2v) is 11.6. The van der Waals surface area contributed by atoms with E-state index in [4.69, 9.17) is 4.74 Å². The Morgan fingerprint density at radius 1 is 0.333 bits per heavy atom. The predicted molar refractivity (Wildman–Crippen MR) is 171 cm³/mol. The maximum atomic E-state index is 6.59. The molecule has 1 nitrogen and oxygen atoms in total. The molecule has 1 heteroatoms. The number of hydrogen-bond donors (Lipinski definition) is 0. The van der Waals surface area contributed by atoms with E-state index >= 15 is 0 Å². The quantitative estimate of drug-likeness (QED) is 0.204. The van der Waals surface area contributed by atoms with E-state index in [9.17, 15) is 0 Å². The molecule has 0 saturated carbocycles. The van der Waals surface area contributed by atoms with Crippen LogP contribution in [0.25, 0.3) is 55.3 Å². The molecule has 1 heterocycles. The lowest BCUT2D eigenvalue weighted by atomic mass is 9.70. The largest absolute Gasteiger partial charge is 0.456 e. The first-order valence-electron chi connectivity index (χ1n) is 14.6. The van der Waals surface area contributed by atoms with E-state index < -0.39 is 0 Å².